The van der Waals surface area contributed by atoms with Gasteiger partial charge in [-0.25, -0.2) is 4.98 Å². The van der Waals surface area contributed by atoms with E-state index in [1.165, 1.54) is 11.3 Å². The van der Waals surface area contributed by atoms with Crippen molar-refractivity contribution in [1.82, 2.24) is 24.8 Å². The van der Waals surface area contributed by atoms with Gasteiger partial charge in [0, 0.05) is 36.9 Å². The van der Waals surface area contributed by atoms with Gasteiger partial charge in [0.1, 0.15) is 5.82 Å². The molecule has 0 spiro atoms. The molecule has 5 heterocycles. The second kappa shape index (κ2) is 8.64. The summed E-state index contributed by atoms with van der Waals surface area (Å²) < 4.78 is 8.23. The zero-order valence-electron chi connectivity index (χ0n) is 18.8. The smallest absolute Gasteiger partial charge is 0.170 e. The van der Waals surface area contributed by atoms with E-state index in [0.717, 1.165) is 53.9 Å². The summed E-state index contributed by atoms with van der Waals surface area (Å²) in [5.41, 5.74) is 5.73. The predicted octanol–water partition coefficient (Wildman–Crippen LogP) is 4.34. The first-order valence-electron chi connectivity index (χ1n) is 11.2. The average molecular weight is 448 g/mol. The lowest BCUT2D eigenvalue weighted by Crippen LogP contribution is -2.36. The number of ether oxygens (including phenoxy) is 1. The Balaban J connectivity index is 1.60. The number of thiocarbonyl (C=S) groups is 1. The van der Waals surface area contributed by atoms with Gasteiger partial charge in [0.25, 0.3) is 0 Å². The minimum Gasteiger partial charge on any atom is -0.376 e. The van der Waals surface area contributed by atoms with Crippen molar-refractivity contribution in [2.75, 3.05) is 13.2 Å². The number of hydrogen-bond acceptors (Lipinski definition) is 4. The van der Waals surface area contributed by atoms with Gasteiger partial charge in [0.05, 0.1) is 23.9 Å². The molecule has 0 unspecified atom stereocenters. The van der Waals surface area contributed by atoms with Gasteiger partial charge in [0.2, 0.25) is 0 Å². The van der Waals surface area contributed by atoms with Gasteiger partial charge in [-0.3, -0.25) is 4.98 Å². The Morgan fingerprint density at radius 2 is 1.97 bits per heavy atom. The van der Waals surface area contributed by atoms with E-state index >= 15 is 0 Å². The zero-order valence-corrected chi connectivity index (χ0v) is 19.6. The van der Waals surface area contributed by atoms with Gasteiger partial charge in [-0.15, -0.1) is 0 Å². The average Bonchev–Trinajstić information content (AvgIpc) is 3.49. The van der Waals surface area contributed by atoms with Crippen LogP contribution < -0.4 is 5.32 Å². The number of nitrogens with zero attached hydrogens (tertiary/aromatic N) is 4. The first kappa shape index (κ1) is 21.1. The molecule has 0 amide bonds. The van der Waals surface area contributed by atoms with Crippen molar-refractivity contribution < 1.29 is 4.74 Å². The third-order valence-electron chi connectivity index (χ3n) is 6.60. The molecule has 2 aliphatic rings. The van der Waals surface area contributed by atoms with Gasteiger partial charge >= 0.3 is 0 Å². The molecule has 7 heteroatoms. The highest BCUT2D eigenvalue weighted by Gasteiger charge is 2.42. The molecule has 0 aliphatic carbocycles. The minimum atomic E-state index is -0.0242. The second-order valence-corrected chi connectivity index (χ2v) is 9.11. The zero-order chi connectivity index (χ0) is 22.2. The number of nitrogens with one attached hydrogen (secondary N) is 1. The van der Waals surface area contributed by atoms with E-state index in [-0.39, 0.29) is 18.2 Å². The van der Waals surface area contributed by atoms with Gasteiger partial charge < -0.3 is 19.5 Å². The summed E-state index contributed by atoms with van der Waals surface area (Å²) in [4.78, 5) is 11.7. The van der Waals surface area contributed by atoms with E-state index in [1.807, 2.05) is 30.6 Å². The Morgan fingerprint density at radius 3 is 2.69 bits per heavy atom. The van der Waals surface area contributed by atoms with Gasteiger partial charge in [-0.1, -0.05) is 12.1 Å². The molecule has 3 aromatic rings. The molecule has 0 bridgehead atoms. The second-order valence-electron chi connectivity index (χ2n) is 8.72. The van der Waals surface area contributed by atoms with Crippen LogP contribution in [0.1, 0.15) is 53.1 Å². The Hall–Kier alpha value is -2.77. The topological polar surface area (TPSA) is 55.2 Å². The fraction of sp³-hybridized carbons (Fsp3) is 0.400. The fourth-order valence-electron chi connectivity index (χ4n) is 5.07. The number of aromatic nitrogens is 3. The molecule has 32 heavy (non-hydrogen) atoms. The highest BCUT2D eigenvalue weighted by Crippen LogP contribution is 2.42. The lowest BCUT2D eigenvalue weighted by molar-refractivity contribution is 0.0842. The molecule has 2 fully saturated rings. The van der Waals surface area contributed by atoms with Crippen LogP contribution in [0.5, 0.6) is 0 Å². The van der Waals surface area contributed by atoms with Crippen molar-refractivity contribution in [2.45, 2.75) is 51.8 Å². The molecule has 5 rings (SSSR count). The standard InChI is InChI=1S/C25H29N5OS/c1-16-8-6-12-27-24(16)30-17(2)14-20(18(30)3)23-22(21-10-4-5-11-26-21)28-25(32)29(23)15-19-9-7-13-31-19/h4-6,8,10-12,14,19,22-23H,7,9,13,15H2,1-3H3,(H,28,32)/t19-,22+,23-/m1/s1. The quantitative estimate of drug-likeness (QED) is 0.587. The molecule has 3 aromatic heterocycles. The molecule has 2 saturated heterocycles. The van der Waals surface area contributed by atoms with Crippen molar-refractivity contribution in [3.8, 4) is 5.82 Å². The van der Waals surface area contributed by atoms with Crippen LogP contribution in [-0.2, 0) is 4.74 Å². The van der Waals surface area contributed by atoms with Gasteiger partial charge in [0.15, 0.2) is 5.11 Å². The van der Waals surface area contributed by atoms with Crippen molar-refractivity contribution >= 4 is 17.3 Å². The maximum Gasteiger partial charge on any atom is 0.170 e. The number of aryl methyl sites for hydroxylation is 2. The van der Waals surface area contributed by atoms with Crippen LogP contribution in [0.15, 0.2) is 48.8 Å². The summed E-state index contributed by atoms with van der Waals surface area (Å²) in [6.07, 6.45) is 6.10. The maximum absolute atomic E-state index is 5.97. The maximum atomic E-state index is 5.97. The third-order valence-corrected chi connectivity index (χ3v) is 6.96. The largest absolute Gasteiger partial charge is 0.376 e. The summed E-state index contributed by atoms with van der Waals surface area (Å²) in [6, 6.07) is 12.4. The first-order valence-corrected chi connectivity index (χ1v) is 11.7. The van der Waals surface area contributed by atoms with E-state index in [2.05, 4.69) is 63.7 Å². The molecular weight excluding hydrogens is 418 g/mol. The molecule has 3 atom stereocenters. The molecule has 2 aliphatic heterocycles. The lowest BCUT2D eigenvalue weighted by atomic mass is 9.96. The first-order chi connectivity index (χ1) is 15.5. The van der Waals surface area contributed by atoms with Crippen LogP contribution in [0.25, 0.3) is 5.82 Å². The van der Waals surface area contributed by atoms with Crippen LogP contribution in [0.3, 0.4) is 0 Å². The molecular formula is C25H29N5OS. The lowest BCUT2D eigenvalue weighted by Gasteiger charge is -2.30. The number of pyridine rings is 2. The normalized spacial score (nSPS) is 23.0. The highest BCUT2D eigenvalue weighted by molar-refractivity contribution is 7.80. The van der Waals surface area contributed by atoms with Crippen LogP contribution >= 0.6 is 12.2 Å². The third kappa shape index (κ3) is 3.69. The van der Waals surface area contributed by atoms with Crippen LogP contribution in [0.4, 0.5) is 0 Å². The summed E-state index contributed by atoms with van der Waals surface area (Å²) in [6.45, 7) is 8.04. The van der Waals surface area contributed by atoms with Crippen molar-refractivity contribution in [3.05, 3.63) is 77.0 Å². The van der Waals surface area contributed by atoms with E-state index < -0.39 is 0 Å². The Bertz CT molecular complexity index is 1120. The molecule has 166 valence electrons. The summed E-state index contributed by atoms with van der Waals surface area (Å²) in [5, 5.41) is 4.33. The van der Waals surface area contributed by atoms with E-state index in [1.54, 1.807) is 0 Å². The number of rotatable bonds is 5. The molecule has 6 nitrogen and oxygen atoms in total. The molecule has 0 radical (unpaired) electrons. The molecule has 1 N–H and O–H groups in total. The van der Waals surface area contributed by atoms with Crippen molar-refractivity contribution in [1.29, 1.82) is 0 Å². The highest BCUT2D eigenvalue weighted by atomic mass is 32.1. The number of hydrogen-bond donors (Lipinski definition) is 1. The Morgan fingerprint density at radius 1 is 1.12 bits per heavy atom. The predicted molar refractivity (Wildman–Crippen MR) is 129 cm³/mol. The van der Waals surface area contributed by atoms with Crippen LogP contribution in [0.2, 0.25) is 0 Å². The fourth-order valence-corrected chi connectivity index (χ4v) is 5.39. The summed E-state index contributed by atoms with van der Waals surface area (Å²) >= 11 is 5.84. The summed E-state index contributed by atoms with van der Waals surface area (Å²) in [7, 11) is 0. The Kier molecular flexibility index (Phi) is 5.69. The van der Waals surface area contributed by atoms with Crippen molar-refractivity contribution in [2.24, 2.45) is 0 Å². The van der Waals surface area contributed by atoms with Crippen LogP contribution in [-0.4, -0.2) is 43.8 Å². The van der Waals surface area contributed by atoms with Gasteiger partial charge in [-0.2, -0.15) is 0 Å². The van der Waals surface area contributed by atoms with Crippen LogP contribution in [0, 0.1) is 20.8 Å². The van der Waals surface area contributed by atoms with Gasteiger partial charge in [-0.05, 0) is 81.2 Å². The Labute approximate surface area is 194 Å². The molecule has 0 aromatic carbocycles. The van der Waals surface area contributed by atoms with E-state index in [0.29, 0.717) is 0 Å². The van der Waals surface area contributed by atoms with Crippen molar-refractivity contribution in [3.63, 3.8) is 0 Å². The SMILES string of the molecule is Cc1cccnc1-n1c(C)cc([C@@H]2[C@H](c3ccccn3)NC(=S)N2C[C@H]2CCCO2)c1C. The minimum absolute atomic E-state index is 0.0242. The van der Waals surface area contributed by atoms with E-state index in [4.69, 9.17) is 17.0 Å². The summed E-state index contributed by atoms with van der Waals surface area (Å²) in [5.74, 6) is 0.974. The monoisotopic (exact) mass is 447 g/mol. The molecule has 0 saturated carbocycles. The van der Waals surface area contributed by atoms with E-state index in [9.17, 15) is 0 Å².